The molecule has 0 amide bonds. The fourth-order valence-electron chi connectivity index (χ4n) is 3.20. The van der Waals surface area contributed by atoms with Crippen LogP contribution in [0.5, 0.6) is 0 Å². The van der Waals surface area contributed by atoms with Gasteiger partial charge in [0.15, 0.2) is 0 Å². The fraction of sp³-hybridized carbons (Fsp3) is 0.333. The lowest BCUT2D eigenvalue weighted by Gasteiger charge is -2.26. The van der Waals surface area contributed by atoms with E-state index in [4.69, 9.17) is 13.3 Å². The van der Waals surface area contributed by atoms with Crippen LogP contribution in [0.25, 0.3) is 0 Å². The predicted molar refractivity (Wildman–Crippen MR) is 95.7 cm³/mol. The summed E-state index contributed by atoms with van der Waals surface area (Å²) in [5.41, 5.74) is 3.50. The molecule has 0 N–H and O–H groups in total. The number of hydrogen-bond acceptors (Lipinski definition) is 4. The highest BCUT2D eigenvalue weighted by Gasteiger charge is 2.37. The second kappa shape index (κ2) is 7.29. The van der Waals surface area contributed by atoms with Crippen LogP contribution in [0, 0.1) is 0 Å². The van der Waals surface area contributed by atoms with Gasteiger partial charge in [-0.2, -0.15) is 0 Å². The Labute approximate surface area is 146 Å². The maximum absolute atomic E-state index is 12.9. The van der Waals surface area contributed by atoms with Crippen molar-refractivity contribution < 1.29 is 17.5 Å². The molecule has 6 heteroatoms. The molecule has 1 aliphatic heterocycles. The maximum atomic E-state index is 12.9. The third kappa shape index (κ3) is 3.12. The fourth-order valence-corrected chi connectivity index (χ4v) is 6.34. The Balaban J connectivity index is 1.91. The summed E-state index contributed by atoms with van der Waals surface area (Å²) in [4.78, 5) is 1.85. The van der Waals surface area contributed by atoms with Crippen molar-refractivity contribution in [3.63, 3.8) is 0 Å². The Hall–Kier alpha value is -1.31. The van der Waals surface area contributed by atoms with E-state index in [-0.39, 0.29) is 0 Å². The molecule has 24 heavy (non-hydrogen) atoms. The highest BCUT2D eigenvalue weighted by Crippen LogP contribution is 2.34. The van der Waals surface area contributed by atoms with E-state index in [1.807, 2.05) is 30.3 Å². The first kappa shape index (κ1) is 17.5. The topological polar surface area (TPSA) is 44.8 Å². The zero-order valence-corrected chi connectivity index (χ0v) is 16.0. The number of fused-ring (bicyclic) bond motifs is 2. The summed E-state index contributed by atoms with van der Waals surface area (Å²) < 4.78 is 29.4. The van der Waals surface area contributed by atoms with Crippen LogP contribution in [0.4, 0.5) is 0 Å². The van der Waals surface area contributed by atoms with Crippen LogP contribution < -0.4 is 0 Å². The molecule has 0 aliphatic carbocycles. The second-order valence-electron chi connectivity index (χ2n) is 5.74. The molecule has 0 fully saturated rings. The van der Waals surface area contributed by atoms with Gasteiger partial charge in [0.25, 0.3) is 0 Å². The summed E-state index contributed by atoms with van der Waals surface area (Å²) in [6.45, 7) is 0. The van der Waals surface area contributed by atoms with E-state index in [1.54, 1.807) is 21.3 Å². The number of aryl methyl sites for hydroxylation is 1. The molecule has 0 saturated carbocycles. The van der Waals surface area contributed by atoms with Gasteiger partial charge in [-0.05, 0) is 35.2 Å². The summed E-state index contributed by atoms with van der Waals surface area (Å²) >= 11 is 0. The SMILES string of the molecule is CO[Si](CCc1cccc2c1Cc1ccccc1S2=O)(OC)OC. The van der Waals surface area contributed by atoms with Gasteiger partial charge in [0.05, 0.1) is 10.8 Å². The van der Waals surface area contributed by atoms with Crippen LogP contribution in [-0.2, 0) is 36.9 Å². The number of rotatable bonds is 6. The van der Waals surface area contributed by atoms with Gasteiger partial charge in [-0.3, -0.25) is 0 Å². The van der Waals surface area contributed by atoms with E-state index in [0.717, 1.165) is 28.2 Å². The van der Waals surface area contributed by atoms with Crippen molar-refractivity contribution in [3.05, 3.63) is 59.2 Å². The molecule has 0 bridgehead atoms. The smallest absolute Gasteiger partial charge is 0.377 e. The second-order valence-corrected chi connectivity index (χ2v) is 10.3. The van der Waals surface area contributed by atoms with E-state index < -0.39 is 19.6 Å². The van der Waals surface area contributed by atoms with Gasteiger partial charge in [0.1, 0.15) is 0 Å². The van der Waals surface area contributed by atoms with Crippen molar-refractivity contribution in [2.45, 2.75) is 28.7 Å². The Kier molecular flexibility index (Phi) is 5.32. The third-order valence-electron chi connectivity index (χ3n) is 4.60. The standard InChI is InChI=1S/C18H22O4SSi/c1-20-24(21-2,22-3)12-11-14-8-6-10-18-16(14)13-15-7-4-5-9-17(15)23(18)19/h4-10H,11-13H2,1-3H3. The Morgan fingerprint density at radius 1 is 0.958 bits per heavy atom. The summed E-state index contributed by atoms with van der Waals surface area (Å²) in [5.74, 6) is 0. The minimum absolute atomic E-state index is 0.696. The first-order chi connectivity index (χ1) is 11.6. The zero-order valence-electron chi connectivity index (χ0n) is 14.2. The molecule has 0 saturated heterocycles. The predicted octanol–water partition coefficient (Wildman–Crippen LogP) is 3.18. The highest BCUT2D eigenvalue weighted by atomic mass is 32.2. The Bertz CT molecular complexity index is 750. The quantitative estimate of drug-likeness (QED) is 0.632. The Morgan fingerprint density at radius 2 is 1.62 bits per heavy atom. The van der Waals surface area contributed by atoms with Gasteiger partial charge in [-0.25, -0.2) is 4.21 Å². The molecule has 0 aromatic heterocycles. The average molecular weight is 363 g/mol. The van der Waals surface area contributed by atoms with Gasteiger partial charge >= 0.3 is 8.80 Å². The molecule has 1 unspecified atom stereocenters. The molecule has 2 aromatic carbocycles. The largest absolute Gasteiger partial charge is 0.500 e. The van der Waals surface area contributed by atoms with E-state index >= 15 is 0 Å². The molecule has 0 radical (unpaired) electrons. The molecule has 1 aliphatic rings. The minimum atomic E-state index is -2.61. The number of benzene rings is 2. The van der Waals surface area contributed by atoms with Crippen molar-refractivity contribution in [2.24, 2.45) is 0 Å². The summed E-state index contributed by atoms with van der Waals surface area (Å²) in [6.07, 6.45) is 1.60. The lowest BCUT2D eigenvalue weighted by atomic mass is 9.97. The summed E-state index contributed by atoms with van der Waals surface area (Å²) in [5, 5.41) is 0. The van der Waals surface area contributed by atoms with Crippen LogP contribution in [0.3, 0.4) is 0 Å². The van der Waals surface area contributed by atoms with Gasteiger partial charge in [-0.1, -0.05) is 30.3 Å². The van der Waals surface area contributed by atoms with Gasteiger partial charge in [0.2, 0.25) is 0 Å². The molecule has 4 nitrogen and oxygen atoms in total. The third-order valence-corrected chi connectivity index (χ3v) is 8.91. The van der Waals surface area contributed by atoms with Crippen LogP contribution >= 0.6 is 0 Å². The van der Waals surface area contributed by atoms with Crippen molar-refractivity contribution in [3.8, 4) is 0 Å². The normalized spacial score (nSPS) is 16.5. The average Bonchev–Trinajstić information content (AvgIpc) is 2.64. The van der Waals surface area contributed by atoms with Crippen LogP contribution in [-0.4, -0.2) is 34.3 Å². The first-order valence-electron chi connectivity index (χ1n) is 7.90. The molecule has 1 atom stereocenters. The van der Waals surface area contributed by atoms with Crippen molar-refractivity contribution in [1.29, 1.82) is 0 Å². The Morgan fingerprint density at radius 3 is 2.33 bits per heavy atom. The van der Waals surface area contributed by atoms with Crippen molar-refractivity contribution in [2.75, 3.05) is 21.3 Å². The van der Waals surface area contributed by atoms with E-state index in [0.29, 0.717) is 6.04 Å². The van der Waals surface area contributed by atoms with Crippen LogP contribution in [0.1, 0.15) is 16.7 Å². The highest BCUT2D eigenvalue weighted by molar-refractivity contribution is 7.85. The molecule has 3 rings (SSSR count). The molecular formula is C18H22O4SSi. The van der Waals surface area contributed by atoms with E-state index in [9.17, 15) is 4.21 Å². The molecular weight excluding hydrogens is 340 g/mol. The van der Waals surface area contributed by atoms with Crippen LogP contribution in [0.15, 0.2) is 52.3 Å². The van der Waals surface area contributed by atoms with Gasteiger partial charge in [-0.15, -0.1) is 0 Å². The minimum Gasteiger partial charge on any atom is -0.377 e. The monoisotopic (exact) mass is 362 g/mol. The van der Waals surface area contributed by atoms with Gasteiger partial charge < -0.3 is 13.3 Å². The van der Waals surface area contributed by atoms with Crippen molar-refractivity contribution >= 4 is 19.6 Å². The summed E-state index contributed by atoms with van der Waals surface area (Å²) in [7, 11) is 1.17. The van der Waals surface area contributed by atoms with Crippen molar-refractivity contribution in [1.82, 2.24) is 0 Å². The molecule has 128 valence electrons. The summed E-state index contributed by atoms with van der Waals surface area (Å²) in [6, 6.07) is 14.7. The lowest BCUT2D eigenvalue weighted by molar-refractivity contribution is 0.123. The van der Waals surface area contributed by atoms with Gasteiger partial charge in [0, 0.05) is 43.6 Å². The first-order valence-corrected chi connectivity index (χ1v) is 11.0. The number of hydrogen-bond donors (Lipinski definition) is 0. The molecule has 1 heterocycles. The van der Waals surface area contributed by atoms with E-state index in [1.165, 1.54) is 11.1 Å². The molecule has 2 aromatic rings. The van der Waals surface area contributed by atoms with Crippen LogP contribution in [0.2, 0.25) is 6.04 Å². The maximum Gasteiger partial charge on any atom is 0.500 e. The van der Waals surface area contributed by atoms with E-state index in [2.05, 4.69) is 12.1 Å². The zero-order chi connectivity index (χ0) is 17.2. The molecule has 0 spiro atoms. The lowest BCUT2D eigenvalue weighted by Crippen LogP contribution is -2.43.